The Hall–Kier alpha value is -0.110. The van der Waals surface area contributed by atoms with E-state index in [9.17, 15) is 4.39 Å². The van der Waals surface area contributed by atoms with Crippen molar-refractivity contribution in [3.63, 3.8) is 0 Å². The van der Waals surface area contributed by atoms with Gasteiger partial charge < -0.3 is 4.74 Å². The minimum atomic E-state index is -0.625. The minimum Gasteiger partial charge on any atom is -0.384 e. The molecular formula is C13H23FO. The molecule has 2 unspecified atom stereocenters. The molecule has 0 N–H and O–H groups in total. The van der Waals surface area contributed by atoms with Gasteiger partial charge in [0.05, 0.1) is 6.61 Å². The van der Waals surface area contributed by atoms with Crippen LogP contribution in [0.15, 0.2) is 0 Å². The van der Waals surface area contributed by atoms with Crippen LogP contribution in [0.25, 0.3) is 0 Å². The predicted molar refractivity (Wildman–Crippen MR) is 59.5 cm³/mol. The van der Waals surface area contributed by atoms with E-state index in [1.807, 2.05) is 0 Å². The van der Waals surface area contributed by atoms with Crippen LogP contribution < -0.4 is 0 Å². The molecule has 88 valence electrons. The second kappa shape index (κ2) is 4.04. The Morgan fingerprint density at radius 1 is 1.40 bits per heavy atom. The molecule has 2 aliphatic rings. The molecule has 0 amide bonds. The lowest BCUT2D eigenvalue weighted by atomic mass is 9.73. The fourth-order valence-electron chi connectivity index (χ4n) is 3.78. The number of alkyl halides is 1. The van der Waals surface area contributed by atoms with Crippen LogP contribution in [0.2, 0.25) is 0 Å². The first-order valence-electron chi connectivity index (χ1n) is 6.22. The Labute approximate surface area is 92.4 Å². The van der Waals surface area contributed by atoms with E-state index in [2.05, 4.69) is 13.8 Å². The van der Waals surface area contributed by atoms with Gasteiger partial charge in [0.25, 0.3) is 0 Å². The van der Waals surface area contributed by atoms with Gasteiger partial charge in [-0.25, -0.2) is 4.39 Å². The summed E-state index contributed by atoms with van der Waals surface area (Å²) in [5.41, 5.74) is 0.142. The molecule has 0 aromatic rings. The molecule has 15 heavy (non-hydrogen) atoms. The number of fused-ring (bicyclic) bond motifs is 2. The Morgan fingerprint density at radius 3 is 2.80 bits per heavy atom. The summed E-state index contributed by atoms with van der Waals surface area (Å²) in [5, 5.41) is 0. The number of rotatable bonds is 2. The lowest BCUT2D eigenvalue weighted by Gasteiger charge is -2.35. The number of halogens is 1. The zero-order valence-electron chi connectivity index (χ0n) is 10.1. The van der Waals surface area contributed by atoms with E-state index < -0.39 is 6.17 Å². The molecule has 2 aliphatic carbocycles. The van der Waals surface area contributed by atoms with E-state index in [0.29, 0.717) is 5.92 Å². The summed E-state index contributed by atoms with van der Waals surface area (Å²) in [4.78, 5) is 0. The molecule has 2 saturated carbocycles. The third kappa shape index (κ3) is 1.82. The smallest absolute Gasteiger partial charge is 0.104 e. The Balaban J connectivity index is 2.22. The van der Waals surface area contributed by atoms with Gasteiger partial charge in [0.15, 0.2) is 0 Å². The minimum absolute atomic E-state index is 0.142. The van der Waals surface area contributed by atoms with Gasteiger partial charge in [0, 0.05) is 7.11 Å². The molecule has 0 heterocycles. The van der Waals surface area contributed by atoms with Crippen molar-refractivity contribution in [2.75, 3.05) is 13.7 Å². The van der Waals surface area contributed by atoms with E-state index in [0.717, 1.165) is 25.4 Å². The van der Waals surface area contributed by atoms with Crippen LogP contribution in [0.4, 0.5) is 4.39 Å². The van der Waals surface area contributed by atoms with E-state index in [-0.39, 0.29) is 11.3 Å². The monoisotopic (exact) mass is 214 g/mol. The van der Waals surface area contributed by atoms with Crippen molar-refractivity contribution < 1.29 is 9.13 Å². The second-order valence-corrected chi connectivity index (χ2v) is 5.82. The Kier molecular flexibility index (Phi) is 3.07. The third-order valence-electron chi connectivity index (χ3n) is 5.02. The zero-order valence-corrected chi connectivity index (χ0v) is 10.1. The molecule has 5 atom stereocenters. The van der Waals surface area contributed by atoms with Crippen LogP contribution in [-0.2, 0) is 4.74 Å². The van der Waals surface area contributed by atoms with Gasteiger partial charge in [-0.3, -0.25) is 0 Å². The Morgan fingerprint density at radius 2 is 2.13 bits per heavy atom. The van der Waals surface area contributed by atoms with Crippen LogP contribution in [0, 0.1) is 23.2 Å². The first-order valence-corrected chi connectivity index (χ1v) is 6.22. The van der Waals surface area contributed by atoms with E-state index in [1.54, 1.807) is 7.11 Å². The maximum Gasteiger partial charge on any atom is 0.104 e. The quantitative estimate of drug-likeness (QED) is 0.684. The molecule has 0 radical (unpaired) electrons. The third-order valence-corrected chi connectivity index (χ3v) is 5.02. The van der Waals surface area contributed by atoms with Crippen LogP contribution in [0.5, 0.6) is 0 Å². The van der Waals surface area contributed by atoms with Crippen molar-refractivity contribution in [3.05, 3.63) is 0 Å². The molecule has 2 rings (SSSR count). The molecule has 0 spiro atoms. The van der Waals surface area contributed by atoms with Crippen molar-refractivity contribution in [3.8, 4) is 0 Å². The van der Waals surface area contributed by atoms with Crippen LogP contribution in [-0.4, -0.2) is 19.9 Å². The van der Waals surface area contributed by atoms with E-state index in [1.165, 1.54) is 12.8 Å². The van der Waals surface area contributed by atoms with Gasteiger partial charge in [0.1, 0.15) is 6.17 Å². The van der Waals surface area contributed by atoms with Gasteiger partial charge in [-0.05, 0) is 48.9 Å². The molecule has 0 saturated heterocycles. The lowest BCUT2D eigenvalue weighted by Crippen LogP contribution is -2.35. The number of hydrogen-bond acceptors (Lipinski definition) is 1. The molecule has 0 aromatic heterocycles. The first kappa shape index (κ1) is 11.4. The Bertz CT molecular complexity index is 231. The molecule has 0 aromatic carbocycles. The summed E-state index contributed by atoms with van der Waals surface area (Å²) >= 11 is 0. The summed E-state index contributed by atoms with van der Waals surface area (Å²) in [6, 6.07) is 0. The molecule has 2 fully saturated rings. The van der Waals surface area contributed by atoms with Gasteiger partial charge >= 0.3 is 0 Å². The fourth-order valence-corrected chi connectivity index (χ4v) is 3.78. The highest BCUT2D eigenvalue weighted by atomic mass is 19.1. The summed E-state index contributed by atoms with van der Waals surface area (Å²) in [7, 11) is 1.75. The summed E-state index contributed by atoms with van der Waals surface area (Å²) in [5.74, 6) is 1.47. The topological polar surface area (TPSA) is 9.23 Å². The van der Waals surface area contributed by atoms with E-state index in [4.69, 9.17) is 4.74 Å². The fraction of sp³-hybridized carbons (Fsp3) is 1.00. The standard InChI is InChI=1S/C13H23FO/c1-9-6-12(14)10(2)13(8-15-3)5-4-11(9)7-13/h9-12H,4-8H2,1-3H3/t9?,10-,11?,12+,13+/m1/s1. The molecule has 1 nitrogen and oxygen atoms in total. The summed E-state index contributed by atoms with van der Waals surface area (Å²) in [6.45, 7) is 5.06. The van der Waals surface area contributed by atoms with Crippen molar-refractivity contribution in [2.45, 2.75) is 45.7 Å². The van der Waals surface area contributed by atoms with Gasteiger partial charge in [0.2, 0.25) is 0 Å². The van der Waals surface area contributed by atoms with Crippen LogP contribution in [0.1, 0.15) is 39.5 Å². The summed E-state index contributed by atoms with van der Waals surface area (Å²) < 4.78 is 19.4. The second-order valence-electron chi connectivity index (χ2n) is 5.82. The highest BCUT2D eigenvalue weighted by Gasteiger charge is 2.50. The number of ether oxygens (including phenoxy) is 1. The molecule has 2 heteroatoms. The normalized spacial score (nSPS) is 50.4. The number of methoxy groups -OCH3 is 1. The maximum absolute atomic E-state index is 14.1. The van der Waals surface area contributed by atoms with Gasteiger partial charge in [-0.2, -0.15) is 0 Å². The number of hydrogen-bond donors (Lipinski definition) is 0. The van der Waals surface area contributed by atoms with Crippen molar-refractivity contribution in [2.24, 2.45) is 23.2 Å². The SMILES string of the molecule is COC[C@]12CCC(C1)C(C)C[C@H](F)[C@H]2C. The predicted octanol–water partition coefficient (Wildman–Crippen LogP) is 3.43. The van der Waals surface area contributed by atoms with Crippen molar-refractivity contribution in [1.82, 2.24) is 0 Å². The van der Waals surface area contributed by atoms with Crippen molar-refractivity contribution in [1.29, 1.82) is 0 Å². The average molecular weight is 214 g/mol. The first-order chi connectivity index (χ1) is 7.09. The summed E-state index contributed by atoms with van der Waals surface area (Å²) in [6.07, 6.45) is 3.76. The maximum atomic E-state index is 14.1. The van der Waals surface area contributed by atoms with Gasteiger partial charge in [-0.15, -0.1) is 0 Å². The van der Waals surface area contributed by atoms with Crippen LogP contribution >= 0.6 is 0 Å². The van der Waals surface area contributed by atoms with Gasteiger partial charge in [-0.1, -0.05) is 13.8 Å². The molecule has 2 bridgehead atoms. The average Bonchev–Trinajstić information content (AvgIpc) is 2.59. The van der Waals surface area contributed by atoms with Crippen LogP contribution in [0.3, 0.4) is 0 Å². The lowest BCUT2D eigenvalue weighted by molar-refractivity contribution is 0.0103. The zero-order chi connectivity index (χ0) is 11.1. The van der Waals surface area contributed by atoms with E-state index >= 15 is 0 Å². The highest BCUT2D eigenvalue weighted by Crippen LogP contribution is 2.55. The molecule has 0 aliphatic heterocycles. The largest absolute Gasteiger partial charge is 0.384 e. The molecular weight excluding hydrogens is 191 g/mol. The highest BCUT2D eigenvalue weighted by molar-refractivity contribution is 4.99. The van der Waals surface area contributed by atoms with Crippen molar-refractivity contribution >= 4 is 0 Å².